The van der Waals surface area contributed by atoms with E-state index in [-0.39, 0.29) is 11.9 Å². The van der Waals surface area contributed by atoms with Gasteiger partial charge in [-0.1, -0.05) is 24.2 Å². The van der Waals surface area contributed by atoms with Crippen LogP contribution in [0.5, 0.6) is 0 Å². The molecule has 6 heteroatoms. The summed E-state index contributed by atoms with van der Waals surface area (Å²) in [5.74, 6) is 0.821. The average molecular weight is 282 g/mol. The minimum atomic E-state index is -0.0986. The first-order valence-corrected chi connectivity index (χ1v) is 7.74. The first kappa shape index (κ1) is 14.1. The zero-order valence-corrected chi connectivity index (χ0v) is 12.3. The Hall–Kier alpha value is -1.30. The minimum absolute atomic E-state index is 0.0986. The molecule has 0 bridgehead atoms. The fourth-order valence-corrected chi connectivity index (χ4v) is 3.42. The van der Waals surface area contributed by atoms with Crippen molar-refractivity contribution in [3.63, 3.8) is 0 Å². The highest BCUT2D eigenvalue weighted by Crippen LogP contribution is 2.29. The second-order valence-corrected chi connectivity index (χ2v) is 6.07. The van der Waals surface area contributed by atoms with Gasteiger partial charge in [0.15, 0.2) is 5.13 Å². The van der Waals surface area contributed by atoms with Gasteiger partial charge < -0.3 is 16.4 Å². The number of nitrogens with two attached hydrogens (primary N) is 1. The summed E-state index contributed by atoms with van der Waals surface area (Å²) < 4.78 is 0. The number of anilines is 2. The van der Waals surface area contributed by atoms with Gasteiger partial charge in [-0.15, -0.1) is 0 Å². The summed E-state index contributed by atoms with van der Waals surface area (Å²) in [6.07, 6.45) is 4.97. The SMILES string of the molecule is CCNc1nc(N)c(C(=O)NC(C)C2CCCC2)s1. The van der Waals surface area contributed by atoms with Gasteiger partial charge in [0.25, 0.3) is 5.91 Å². The largest absolute Gasteiger partial charge is 0.382 e. The number of carbonyl (C=O) groups excluding carboxylic acids is 1. The van der Waals surface area contributed by atoms with Gasteiger partial charge >= 0.3 is 0 Å². The molecule has 2 rings (SSSR count). The number of aromatic nitrogens is 1. The number of nitrogens with one attached hydrogen (secondary N) is 2. The van der Waals surface area contributed by atoms with Gasteiger partial charge in [-0.2, -0.15) is 0 Å². The predicted octanol–water partition coefficient (Wildman–Crippen LogP) is 2.47. The molecule has 0 radical (unpaired) electrons. The molecular formula is C13H22N4OS. The van der Waals surface area contributed by atoms with E-state index in [9.17, 15) is 4.79 Å². The molecule has 0 saturated heterocycles. The van der Waals surface area contributed by atoms with Crippen LogP contribution < -0.4 is 16.4 Å². The molecule has 19 heavy (non-hydrogen) atoms. The van der Waals surface area contributed by atoms with Crippen molar-refractivity contribution in [1.82, 2.24) is 10.3 Å². The molecule has 5 nitrogen and oxygen atoms in total. The molecule has 1 saturated carbocycles. The molecule has 4 N–H and O–H groups in total. The molecule has 0 aromatic carbocycles. The Balaban J connectivity index is 1.98. The molecule has 0 spiro atoms. The van der Waals surface area contributed by atoms with Crippen molar-refractivity contribution in [1.29, 1.82) is 0 Å². The van der Waals surface area contributed by atoms with Crippen molar-refractivity contribution in [2.75, 3.05) is 17.6 Å². The lowest BCUT2D eigenvalue weighted by Crippen LogP contribution is -2.37. The van der Waals surface area contributed by atoms with E-state index in [4.69, 9.17) is 5.73 Å². The highest BCUT2D eigenvalue weighted by molar-refractivity contribution is 7.18. The summed E-state index contributed by atoms with van der Waals surface area (Å²) in [6.45, 7) is 4.84. The molecule has 1 fully saturated rings. The van der Waals surface area contributed by atoms with Gasteiger partial charge in [-0.3, -0.25) is 4.79 Å². The van der Waals surface area contributed by atoms with Crippen LogP contribution in [0, 0.1) is 5.92 Å². The Labute approximate surface area is 118 Å². The molecule has 106 valence electrons. The third-order valence-corrected chi connectivity index (χ3v) is 4.68. The number of thiazole rings is 1. The van der Waals surface area contributed by atoms with Gasteiger partial charge in [0.2, 0.25) is 0 Å². The summed E-state index contributed by atoms with van der Waals surface area (Å²) in [4.78, 5) is 16.9. The standard InChI is InChI=1S/C13H22N4OS/c1-3-15-13-17-11(14)10(19-13)12(18)16-8(2)9-6-4-5-7-9/h8-9H,3-7,14H2,1-2H3,(H,15,17)(H,16,18). The van der Waals surface area contributed by atoms with Crippen LogP contribution in [0.2, 0.25) is 0 Å². The highest BCUT2D eigenvalue weighted by atomic mass is 32.1. The summed E-state index contributed by atoms with van der Waals surface area (Å²) >= 11 is 1.32. The van der Waals surface area contributed by atoms with Crippen molar-refractivity contribution in [2.24, 2.45) is 5.92 Å². The van der Waals surface area contributed by atoms with E-state index in [1.807, 2.05) is 6.92 Å². The van der Waals surface area contributed by atoms with E-state index in [0.717, 1.165) is 6.54 Å². The third kappa shape index (κ3) is 3.37. The molecular weight excluding hydrogens is 260 g/mol. The van der Waals surface area contributed by atoms with Crippen molar-refractivity contribution >= 4 is 28.2 Å². The van der Waals surface area contributed by atoms with Gasteiger partial charge in [0.1, 0.15) is 10.7 Å². The van der Waals surface area contributed by atoms with Gasteiger partial charge in [0.05, 0.1) is 0 Å². The Morgan fingerprint density at radius 2 is 2.21 bits per heavy atom. The van der Waals surface area contributed by atoms with Crippen molar-refractivity contribution in [3.8, 4) is 0 Å². The van der Waals surface area contributed by atoms with E-state index in [1.165, 1.54) is 37.0 Å². The number of hydrogen-bond acceptors (Lipinski definition) is 5. The lowest BCUT2D eigenvalue weighted by atomic mass is 10.00. The van der Waals surface area contributed by atoms with Crippen molar-refractivity contribution < 1.29 is 4.79 Å². The fourth-order valence-electron chi connectivity index (χ4n) is 2.57. The van der Waals surface area contributed by atoms with Crippen molar-refractivity contribution in [3.05, 3.63) is 4.88 Å². The molecule has 1 atom stereocenters. The number of carbonyl (C=O) groups is 1. The second-order valence-electron chi connectivity index (χ2n) is 5.07. The van der Waals surface area contributed by atoms with Crippen LogP contribution in [0.15, 0.2) is 0 Å². The number of hydrogen-bond donors (Lipinski definition) is 3. The maximum absolute atomic E-state index is 12.2. The maximum Gasteiger partial charge on any atom is 0.265 e. The predicted molar refractivity (Wildman–Crippen MR) is 79.6 cm³/mol. The zero-order chi connectivity index (χ0) is 13.8. The highest BCUT2D eigenvalue weighted by Gasteiger charge is 2.24. The van der Waals surface area contributed by atoms with Gasteiger partial charge in [-0.25, -0.2) is 4.98 Å². The Morgan fingerprint density at radius 1 is 1.53 bits per heavy atom. The summed E-state index contributed by atoms with van der Waals surface area (Å²) in [6, 6.07) is 0.207. The van der Waals surface area contributed by atoms with E-state index >= 15 is 0 Å². The number of rotatable bonds is 5. The first-order valence-electron chi connectivity index (χ1n) is 6.92. The van der Waals surface area contributed by atoms with E-state index in [0.29, 0.717) is 21.7 Å². The smallest absolute Gasteiger partial charge is 0.265 e. The van der Waals surface area contributed by atoms with Crippen LogP contribution in [0.1, 0.15) is 49.2 Å². The van der Waals surface area contributed by atoms with Crippen LogP contribution >= 0.6 is 11.3 Å². The normalized spacial score (nSPS) is 17.4. The maximum atomic E-state index is 12.2. The number of nitrogen functional groups attached to an aromatic ring is 1. The van der Waals surface area contributed by atoms with E-state index in [1.54, 1.807) is 0 Å². The molecule has 1 aromatic heterocycles. The summed E-state index contributed by atoms with van der Waals surface area (Å²) in [5.41, 5.74) is 5.80. The number of amides is 1. The lowest BCUT2D eigenvalue weighted by molar-refractivity contribution is 0.0932. The van der Waals surface area contributed by atoms with Crippen LogP contribution in [0.25, 0.3) is 0 Å². The molecule has 0 aliphatic heterocycles. The number of nitrogens with zero attached hydrogens (tertiary/aromatic N) is 1. The lowest BCUT2D eigenvalue weighted by Gasteiger charge is -2.19. The average Bonchev–Trinajstić information content (AvgIpc) is 2.99. The molecule has 1 unspecified atom stereocenters. The van der Waals surface area contributed by atoms with Crippen LogP contribution in [0.3, 0.4) is 0 Å². The second kappa shape index (κ2) is 6.23. The minimum Gasteiger partial charge on any atom is -0.382 e. The fraction of sp³-hybridized carbons (Fsp3) is 0.692. The Morgan fingerprint density at radius 3 is 2.84 bits per heavy atom. The Kier molecular flexibility index (Phi) is 4.63. The summed E-state index contributed by atoms with van der Waals surface area (Å²) in [5, 5.41) is 6.84. The van der Waals surface area contributed by atoms with Crippen LogP contribution in [0.4, 0.5) is 10.9 Å². The van der Waals surface area contributed by atoms with E-state index < -0.39 is 0 Å². The molecule has 1 amide bonds. The summed E-state index contributed by atoms with van der Waals surface area (Å²) in [7, 11) is 0. The molecule has 1 aliphatic carbocycles. The first-order chi connectivity index (χ1) is 9.11. The topological polar surface area (TPSA) is 80.0 Å². The third-order valence-electron chi connectivity index (χ3n) is 3.65. The quantitative estimate of drug-likeness (QED) is 0.775. The van der Waals surface area contributed by atoms with E-state index in [2.05, 4.69) is 22.5 Å². The zero-order valence-electron chi connectivity index (χ0n) is 11.5. The monoisotopic (exact) mass is 282 g/mol. The molecule has 1 aliphatic rings. The van der Waals surface area contributed by atoms with Crippen LogP contribution in [-0.4, -0.2) is 23.5 Å². The van der Waals surface area contributed by atoms with Crippen LogP contribution in [-0.2, 0) is 0 Å². The van der Waals surface area contributed by atoms with Gasteiger partial charge in [0, 0.05) is 12.6 Å². The molecule has 1 heterocycles. The van der Waals surface area contributed by atoms with Gasteiger partial charge in [-0.05, 0) is 32.6 Å². The van der Waals surface area contributed by atoms with Crippen molar-refractivity contribution in [2.45, 2.75) is 45.6 Å². The molecule has 1 aromatic rings. The Bertz CT molecular complexity index is 440.